The van der Waals surface area contributed by atoms with E-state index in [9.17, 15) is 4.79 Å². The monoisotopic (exact) mass is 398 g/mol. The van der Waals surface area contributed by atoms with E-state index in [-0.39, 0.29) is 17.6 Å². The number of amides is 1. The predicted octanol–water partition coefficient (Wildman–Crippen LogP) is 3.99. The summed E-state index contributed by atoms with van der Waals surface area (Å²) < 4.78 is 6.29. The Bertz CT molecular complexity index is 679. The van der Waals surface area contributed by atoms with Crippen molar-refractivity contribution in [2.75, 3.05) is 11.9 Å². The van der Waals surface area contributed by atoms with Crippen LogP contribution in [0.25, 0.3) is 0 Å². The van der Waals surface area contributed by atoms with Crippen LogP contribution in [0, 0.1) is 0 Å². The number of para-hydroxylation sites is 1. The highest BCUT2D eigenvalue weighted by Gasteiger charge is 2.07. The maximum absolute atomic E-state index is 11.8. The lowest BCUT2D eigenvalue weighted by Gasteiger charge is -2.11. The van der Waals surface area contributed by atoms with E-state index < -0.39 is 0 Å². The van der Waals surface area contributed by atoms with Gasteiger partial charge in [-0.05, 0) is 48.6 Å². The molecule has 2 rings (SSSR count). The molecule has 1 amide bonds. The molecule has 2 aromatic rings. The summed E-state index contributed by atoms with van der Waals surface area (Å²) in [5, 5.41) is 6.06. The summed E-state index contributed by atoms with van der Waals surface area (Å²) in [6.45, 7) is -0.133. The number of halogens is 2. The molecular weight excluding hydrogens is 388 g/mol. The summed E-state index contributed by atoms with van der Waals surface area (Å²) in [6.07, 6.45) is 0. The fraction of sp³-hybridized carbons (Fsp3) is 0.0667. The van der Waals surface area contributed by atoms with Crippen LogP contribution in [0.5, 0.6) is 5.75 Å². The second-order valence-corrected chi connectivity index (χ2v) is 5.96. The Balaban J connectivity index is 1.80. The Labute approximate surface area is 146 Å². The van der Waals surface area contributed by atoms with Gasteiger partial charge in [0.25, 0.3) is 5.91 Å². The van der Waals surface area contributed by atoms with Crippen molar-refractivity contribution in [3.8, 4) is 5.75 Å². The molecular formula is C15H12BrClN2O2S. The largest absolute Gasteiger partial charge is 0.484 e. The lowest BCUT2D eigenvalue weighted by molar-refractivity contribution is -0.121. The fourth-order valence-electron chi connectivity index (χ4n) is 1.56. The van der Waals surface area contributed by atoms with Crippen LogP contribution >= 0.6 is 39.7 Å². The van der Waals surface area contributed by atoms with E-state index in [1.54, 1.807) is 30.3 Å². The number of hydrogen-bond donors (Lipinski definition) is 2. The van der Waals surface area contributed by atoms with Gasteiger partial charge in [0, 0.05) is 4.47 Å². The number of carbonyl (C=O) groups excluding carboxylic acids is 1. The first-order chi connectivity index (χ1) is 10.5. The maximum Gasteiger partial charge on any atom is 0.264 e. The zero-order valence-corrected chi connectivity index (χ0v) is 14.5. The normalized spacial score (nSPS) is 9.91. The minimum absolute atomic E-state index is 0.133. The number of benzene rings is 2. The van der Waals surface area contributed by atoms with Crippen LogP contribution in [0.3, 0.4) is 0 Å². The quantitative estimate of drug-likeness (QED) is 0.763. The molecule has 0 atom stereocenters. The van der Waals surface area contributed by atoms with Gasteiger partial charge in [-0.25, -0.2) is 0 Å². The van der Waals surface area contributed by atoms with Crippen molar-refractivity contribution in [3.63, 3.8) is 0 Å². The van der Waals surface area contributed by atoms with Gasteiger partial charge in [0.15, 0.2) is 11.7 Å². The molecule has 22 heavy (non-hydrogen) atoms. The highest BCUT2D eigenvalue weighted by molar-refractivity contribution is 9.10. The van der Waals surface area contributed by atoms with Crippen LogP contribution < -0.4 is 15.4 Å². The number of nitrogens with one attached hydrogen (secondary N) is 2. The number of ether oxygens (including phenoxy) is 1. The molecule has 0 aliphatic carbocycles. The third-order valence-electron chi connectivity index (χ3n) is 2.56. The van der Waals surface area contributed by atoms with E-state index in [0.29, 0.717) is 16.5 Å². The van der Waals surface area contributed by atoms with Gasteiger partial charge in [0.1, 0.15) is 5.75 Å². The molecule has 0 saturated heterocycles. The third kappa shape index (κ3) is 5.29. The third-order valence-corrected chi connectivity index (χ3v) is 3.62. The summed E-state index contributed by atoms with van der Waals surface area (Å²) in [5.41, 5.74) is 0.628. The van der Waals surface area contributed by atoms with E-state index in [0.717, 1.165) is 4.47 Å². The summed E-state index contributed by atoms with van der Waals surface area (Å²) in [6, 6.07) is 14.3. The second-order valence-electron chi connectivity index (χ2n) is 4.22. The SMILES string of the molecule is O=C(COc1ccc(Br)cc1)NC(=S)Nc1ccccc1Cl. The summed E-state index contributed by atoms with van der Waals surface area (Å²) in [7, 11) is 0. The lowest BCUT2D eigenvalue weighted by Crippen LogP contribution is -2.37. The number of rotatable bonds is 4. The van der Waals surface area contributed by atoms with Crippen molar-refractivity contribution in [3.05, 3.63) is 58.0 Å². The first-order valence-electron chi connectivity index (χ1n) is 6.28. The van der Waals surface area contributed by atoms with Gasteiger partial charge < -0.3 is 10.1 Å². The van der Waals surface area contributed by atoms with E-state index in [1.165, 1.54) is 0 Å². The van der Waals surface area contributed by atoms with Crippen molar-refractivity contribution >= 4 is 56.5 Å². The van der Waals surface area contributed by atoms with Crippen molar-refractivity contribution in [1.82, 2.24) is 5.32 Å². The minimum Gasteiger partial charge on any atom is -0.484 e. The van der Waals surface area contributed by atoms with E-state index in [1.807, 2.05) is 18.2 Å². The molecule has 2 aromatic carbocycles. The molecule has 0 aliphatic rings. The Kier molecular flexibility index (Phi) is 6.18. The zero-order chi connectivity index (χ0) is 15.9. The molecule has 0 aliphatic heterocycles. The van der Waals surface area contributed by atoms with Gasteiger partial charge in [-0.3, -0.25) is 10.1 Å². The summed E-state index contributed by atoms with van der Waals surface area (Å²) in [4.78, 5) is 11.8. The second kappa shape index (κ2) is 8.12. The molecule has 0 aromatic heterocycles. The van der Waals surface area contributed by atoms with E-state index >= 15 is 0 Å². The molecule has 7 heteroatoms. The maximum atomic E-state index is 11.8. The Morgan fingerprint density at radius 1 is 1.18 bits per heavy atom. The first kappa shape index (κ1) is 16.7. The van der Waals surface area contributed by atoms with Gasteiger partial charge in [0.05, 0.1) is 10.7 Å². The average molecular weight is 400 g/mol. The van der Waals surface area contributed by atoms with Crippen molar-refractivity contribution in [2.45, 2.75) is 0 Å². The highest BCUT2D eigenvalue weighted by Crippen LogP contribution is 2.20. The Morgan fingerprint density at radius 2 is 1.86 bits per heavy atom. The van der Waals surface area contributed by atoms with Crippen LogP contribution in [-0.2, 0) is 4.79 Å². The highest BCUT2D eigenvalue weighted by atomic mass is 79.9. The topological polar surface area (TPSA) is 50.4 Å². The fourth-order valence-corrected chi connectivity index (χ4v) is 2.23. The van der Waals surface area contributed by atoms with Gasteiger partial charge in [-0.15, -0.1) is 0 Å². The standard InChI is InChI=1S/C15H12BrClN2O2S/c16-10-5-7-11(8-6-10)21-9-14(20)19-15(22)18-13-4-2-1-3-12(13)17/h1-8H,9H2,(H2,18,19,20,22). The molecule has 4 nitrogen and oxygen atoms in total. The van der Waals surface area contributed by atoms with Gasteiger partial charge >= 0.3 is 0 Å². The summed E-state index contributed by atoms with van der Waals surface area (Å²) in [5.74, 6) is 0.246. The molecule has 0 radical (unpaired) electrons. The van der Waals surface area contributed by atoms with Crippen LogP contribution in [0.2, 0.25) is 5.02 Å². The van der Waals surface area contributed by atoms with Crippen LogP contribution in [0.4, 0.5) is 5.69 Å². The van der Waals surface area contributed by atoms with Gasteiger partial charge in [0.2, 0.25) is 0 Å². The lowest BCUT2D eigenvalue weighted by atomic mass is 10.3. The molecule has 0 heterocycles. The molecule has 0 unspecified atom stereocenters. The Hall–Kier alpha value is -1.63. The van der Waals surface area contributed by atoms with E-state index in [2.05, 4.69) is 26.6 Å². The smallest absolute Gasteiger partial charge is 0.264 e. The zero-order valence-electron chi connectivity index (χ0n) is 11.3. The number of hydrogen-bond acceptors (Lipinski definition) is 3. The van der Waals surface area contributed by atoms with Crippen molar-refractivity contribution in [2.24, 2.45) is 0 Å². The van der Waals surface area contributed by atoms with Crippen molar-refractivity contribution in [1.29, 1.82) is 0 Å². The van der Waals surface area contributed by atoms with Crippen LogP contribution in [0.1, 0.15) is 0 Å². The van der Waals surface area contributed by atoms with Gasteiger partial charge in [-0.1, -0.05) is 39.7 Å². The first-order valence-corrected chi connectivity index (χ1v) is 7.86. The van der Waals surface area contributed by atoms with Crippen LogP contribution in [0.15, 0.2) is 53.0 Å². The molecule has 0 saturated carbocycles. The summed E-state index contributed by atoms with van der Waals surface area (Å²) >= 11 is 14.4. The minimum atomic E-state index is -0.354. The van der Waals surface area contributed by atoms with E-state index in [4.69, 9.17) is 28.6 Å². The molecule has 114 valence electrons. The number of carbonyl (C=O) groups is 1. The van der Waals surface area contributed by atoms with Gasteiger partial charge in [-0.2, -0.15) is 0 Å². The van der Waals surface area contributed by atoms with Crippen molar-refractivity contribution < 1.29 is 9.53 Å². The Morgan fingerprint density at radius 3 is 2.55 bits per heavy atom. The molecule has 0 fully saturated rings. The molecule has 0 bridgehead atoms. The number of anilines is 1. The molecule has 2 N–H and O–H groups in total. The number of thiocarbonyl (C=S) groups is 1. The molecule has 0 spiro atoms. The predicted molar refractivity (Wildman–Crippen MR) is 95.5 cm³/mol. The average Bonchev–Trinajstić information content (AvgIpc) is 2.49. The van der Waals surface area contributed by atoms with Crippen LogP contribution in [-0.4, -0.2) is 17.6 Å².